The number of urea groups is 1. The van der Waals surface area contributed by atoms with E-state index in [1.807, 2.05) is 13.8 Å². The molecule has 2 N–H and O–H groups in total. The maximum Gasteiger partial charge on any atom is 0.317 e. The van der Waals surface area contributed by atoms with Crippen molar-refractivity contribution < 1.29 is 19.4 Å². The van der Waals surface area contributed by atoms with Crippen LogP contribution in [0.3, 0.4) is 0 Å². The van der Waals surface area contributed by atoms with E-state index in [0.29, 0.717) is 19.6 Å². The Balaban J connectivity index is 4.54. The number of aliphatic carboxylic acids is 1. The van der Waals surface area contributed by atoms with E-state index in [1.165, 1.54) is 0 Å². The van der Waals surface area contributed by atoms with E-state index in [-0.39, 0.29) is 18.6 Å². The summed E-state index contributed by atoms with van der Waals surface area (Å²) in [5.41, 5.74) is -0.931. The molecular weight excluding hydrogens is 248 g/mol. The van der Waals surface area contributed by atoms with Crippen molar-refractivity contribution in [3.8, 4) is 0 Å². The summed E-state index contributed by atoms with van der Waals surface area (Å²) in [6.07, 6.45) is 0.461. The van der Waals surface area contributed by atoms with Crippen molar-refractivity contribution in [2.24, 2.45) is 5.41 Å². The zero-order chi connectivity index (χ0) is 15.1. The van der Waals surface area contributed by atoms with Gasteiger partial charge in [-0.3, -0.25) is 4.79 Å². The van der Waals surface area contributed by atoms with E-state index in [2.05, 4.69) is 5.32 Å². The van der Waals surface area contributed by atoms with E-state index in [9.17, 15) is 9.59 Å². The average molecular weight is 274 g/mol. The molecule has 0 aliphatic carbocycles. The summed E-state index contributed by atoms with van der Waals surface area (Å²) in [6.45, 7) is 8.31. The number of hydrogen-bond donors (Lipinski definition) is 2. The number of carbonyl (C=O) groups excluding carboxylic acids is 1. The Morgan fingerprint density at radius 2 is 2.00 bits per heavy atom. The second-order valence-corrected chi connectivity index (χ2v) is 4.97. The van der Waals surface area contributed by atoms with Gasteiger partial charge in [0.1, 0.15) is 0 Å². The molecule has 0 heterocycles. The van der Waals surface area contributed by atoms with Crippen LogP contribution in [0.4, 0.5) is 4.79 Å². The van der Waals surface area contributed by atoms with Crippen LogP contribution in [0.1, 0.15) is 34.1 Å². The number of carboxylic acids is 1. The van der Waals surface area contributed by atoms with Crippen LogP contribution < -0.4 is 5.32 Å². The molecule has 0 aliphatic heterocycles. The number of ether oxygens (including phenoxy) is 1. The maximum absolute atomic E-state index is 12.0. The number of amides is 2. The first-order valence-electron chi connectivity index (χ1n) is 6.59. The van der Waals surface area contributed by atoms with Gasteiger partial charge < -0.3 is 20.1 Å². The SMILES string of the molecule is CCN(C(=O)NCC(C)(CC)C(=O)O)C(C)COC. The minimum Gasteiger partial charge on any atom is -0.481 e. The molecule has 0 aliphatic rings. The molecule has 0 aromatic rings. The van der Waals surface area contributed by atoms with Crippen LogP contribution in [0.2, 0.25) is 0 Å². The topological polar surface area (TPSA) is 78.9 Å². The van der Waals surface area contributed by atoms with Crippen LogP contribution in [0, 0.1) is 5.41 Å². The molecule has 112 valence electrons. The van der Waals surface area contributed by atoms with Gasteiger partial charge in [0, 0.05) is 20.2 Å². The smallest absolute Gasteiger partial charge is 0.317 e. The van der Waals surface area contributed by atoms with Gasteiger partial charge in [-0.05, 0) is 27.2 Å². The number of hydrogen-bond acceptors (Lipinski definition) is 3. The number of carboxylic acid groups (broad SMARTS) is 1. The third-order valence-corrected chi connectivity index (χ3v) is 3.47. The van der Waals surface area contributed by atoms with Gasteiger partial charge in [0.15, 0.2) is 0 Å². The van der Waals surface area contributed by atoms with Crippen molar-refractivity contribution in [2.45, 2.75) is 40.2 Å². The first-order chi connectivity index (χ1) is 8.82. The fourth-order valence-corrected chi connectivity index (χ4v) is 1.71. The lowest BCUT2D eigenvalue weighted by molar-refractivity contribution is -0.147. The molecule has 2 amide bonds. The van der Waals surface area contributed by atoms with Crippen LogP contribution in [-0.2, 0) is 9.53 Å². The van der Waals surface area contributed by atoms with E-state index in [1.54, 1.807) is 25.9 Å². The molecule has 0 rings (SSSR count). The van der Waals surface area contributed by atoms with Gasteiger partial charge >= 0.3 is 12.0 Å². The molecule has 19 heavy (non-hydrogen) atoms. The van der Waals surface area contributed by atoms with Crippen molar-refractivity contribution >= 4 is 12.0 Å². The summed E-state index contributed by atoms with van der Waals surface area (Å²) in [6, 6.07) is -0.305. The predicted molar refractivity (Wildman–Crippen MR) is 73.2 cm³/mol. The quantitative estimate of drug-likeness (QED) is 0.704. The predicted octanol–water partition coefficient (Wildman–Crippen LogP) is 1.55. The highest BCUT2D eigenvalue weighted by Crippen LogP contribution is 2.20. The first-order valence-corrected chi connectivity index (χ1v) is 6.59. The highest BCUT2D eigenvalue weighted by atomic mass is 16.5. The Morgan fingerprint density at radius 3 is 2.37 bits per heavy atom. The zero-order valence-corrected chi connectivity index (χ0v) is 12.5. The Morgan fingerprint density at radius 1 is 1.42 bits per heavy atom. The minimum absolute atomic E-state index is 0.0484. The van der Waals surface area contributed by atoms with Gasteiger partial charge in [-0.25, -0.2) is 4.79 Å². The molecule has 0 aromatic carbocycles. The number of carbonyl (C=O) groups is 2. The molecule has 0 saturated heterocycles. The van der Waals surface area contributed by atoms with E-state index in [0.717, 1.165) is 0 Å². The van der Waals surface area contributed by atoms with E-state index >= 15 is 0 Å². The fourth-order valence-electron chi connectivity index (χ4n) is 1.71. The molecule has 0 fully saturated rings. The van der Waals surface area contributed by atoms with Gasteiger partial charge in [0.05, 0.1) is 18.1 Å². The highest BCUT2D eigenvalue weighted by molar-refractivity contribution is 5.78. The second-order valence-electron chi connectivity index (χ2n) is 4.97. The Kier molecular flexibility index (Phi) is 7.44. The van der Waals surface area contributed by atoms with Gasteiger partial charge in [0.2, 0.25) is 0 Å². The van der Waals surface area contributed by atoms with Gasteiger partial charge in [-0.15, -0.1) is 0 Å². The maximum atomic E-state index is 12.0. The van der Waals surface area contributed by atoms with Crippen molar-refractivity contribution in [1.82, 2.24) is 10.2 Å². The minimum atomic E-state index is -0.931. The molecule has 2 unspecified atom stereocenters. The third-order valence-electron chi connectivity index (χ3n) is 3.47. The third kappa shape index (κ3) is 5.06. The van der Waals surface area contributed by atoms with Crippen LogP contribution in [0.15, 0.2) is 0 Å². The Labute approximate surface area is 115 Å². The Bertz CT molecular complexity index is 309. The average Bonchev–Trinajstić information content (AvgIpc) is 2.36. The lowest BCUT2D eigenvalue weighted by Gasteiger charge is -2.30. The number of nitrogens with one attached hydrogen (secondary N) is 1. The van der Waals surface area contributed by atoms with E-state index in [4.69, 9.17) is 9.84 Å². The zero-order valence-electron chi connectivity index (χ0n) is 12.5. The highest BCUT2D eigenvalue weighted by Gasteiger charge is 2.32. The van der Waals surface area contributed by atoms with Crippen LogP contribution in [0.25, 0.3) is 0 Å². The molecule has 6 nitrogen and oxygen atoms in total. The monoisotopic (exact) mass is 274 g/mol. The molecule has 2 atom stereocenters. The summed E-state index contributed by atoms with van der Waals surface area (Å²) in [7, 11) is 1.58. The number of likely N-dealkylation sites (N-methyl/N-ethyl adjacent to an activating group) is 1. The first kappa shape index (κ1) is 17.7. The number of methoxy groups -OCH3 is 1. The number of rotatable bonds is 8. The number of nitrogens with zero attached hydrogens (tertiary/aromatic N) is 1. The summed E-state index contributed by atoms with van der Waals surface area (Å²) in [4.78, 5) is 24.8. The standard InChI is InChI=1S/C13H26N2O4/c1-6-13(4,11(16)17)9-14-12(18)15(7-2)10(3)8-19-5/h10H,6-9H2,1-5H3,(H,14,18)(H,16,17). The molecule has 0 spiro atoms. The van der Waals surface area contributed by atoms with Crippen molar-refractivity contribution in [2.75, 3.05) is 26.8 Å². The van der Waals surface area contributed by atoms with Crippen LogP contribution >= 0.6 is 0 Å². The summed E-state index contributed by atoms with van der Waals surface area (Å²) in [5.74, 6) is -0.900. The van der Waals surface area contributed by atoms with Crippen molar-refractivity contribution in [3.05, 3.63) is 0 Å². The summed E-state index contributed by atoms with van der Waals surface area (Å²) >= 11 is 0. The second kappa shape index (κ2) is 7.99. The Hall–Kier alpha value is -1.30. The lowest BCUT2D eigenvalue weighted by atomic mass is 9.88. The summed E-state index contributed by atoms with van der Waals surface area (Å²) in [5, 5.41) is 11.8. The van der Waals surface area contributed by atoms with Crippen LogP contribution in [-0.4, -0.2) is 54.9 Å². The normalized spacial score (nSPS) is 15.4. The molecule has 0 saturated carbocycles. The van der Waals surface area contributed by atoms with Crippen molar-refractivity contribution in [3.63, 3.8) is 0 Å². The van der Waals surface area contributed by atoms with Gasteiger partial charge in [0.25, 0.3) is 0 Å². The van der Waals surface area contributed by atoms with Crippen LogP contribution in [0.5, 0.6) is 0 Å². The fraction of sp³-hybridized carbons (Fsp3) is 0.846. The van der Waals surface area contributed by atoms with E-state index < -0.39 is 11.4 Å². The molecule has 6 heteroatoms. The molecular formula is C13H26N2O4. The van der Waals surface area contributed by atoms with Crippen molar-refractivity contribution in [1.29, 1.82) is 0 Å². The summed E-state index contributed by atoms with van der Waals surface area (Å²) < 4.78 is 5.03. The molecule has 0 aromatic heterocycles. The van der Waals surface area contributed by atoms with Gasteiger partial charge in [-0.1, -0.05) is 6.92 Å². The van der Waals surface area contributed by atoms with Gasteiger partial charge in [-0.2, -0.15) is 0 Å². The lowest BCUT2D eigenvalue weighted by Crippen LogP contribution is -2.50. The molecule has 0 bridgehead atoms. The largest absolute Gasteiger partial charge is 0.481 e. The molecule has 0 radical (unpaired) electrons.